The highest BCUT2D eigenvalue weighted by Crippen LogP contribution is 2.34. The van der Waals surface area contributed by atoms with Crippen LogP contribution in [0.25, 0.3) is 0 Å². The molecule has 0 unspecified atom stereocenters. The summed E-state index contributed by atoms with van der Waals surface area (Å²) in [6, 6.07) is 4.95. The van der Waals surface area contributed by atoms with E-state index in [0.29, 0.717) is 23.7 Å². The molecule has 0 radical (unpaired) electrons. The first kappa shape index (κ1) is 14.0. The molecule has 0 spiro atoms. The van der Waals surface area contributed by atoms with Crippen LogP contribution in [0.1, 0.15) is 31.2 Å². The molecule has 0 saturated heterocycles. The van der Waals surface area contributed by atoms with Gasteiger partial charge in [0.15, 0.2) is 0 Å². The van der Waals surface area contributed by atoms with E-state index in [2.05, 4.69) is 15.9 Å². The largest absolute Gasteiger partial charge is 0.390 e. The Morgan fingerprint density at radius 1 is 1.44 bits per heavy atom. The van der Waals surface area contributed by atoms with Crippen molar-refractivity contribution in [2.45, 2.75) is 43.8 Å². The fourth-order valence-corrected chi connectivity index (χ4v) is 2.99. The van der Waals surface area contributed by atoms with E-state index in [0.717, 1.165) is 18.4 Å². The van der Waals surface area contributed by atoms with E-state index in [1.807, 2.05) is 6.07 Å². The van der Waals surface area contributed by atoms with E-state index in [-0.39, 0.29) is 11.9 Å². The van der Waals surface area contributed by atoms with Crippen molar-refractivity contribution in [3.63, 3.8) is 0 Å². The Labute approximate surface area is 115 Å². The summed E-state index contributed by atoms with van der Waals surface area (Å²) >= 11 is 3.25. The molecule has 0 atom stereocenters. The predicted octanol–water partition coefficient (Wildman–Crippen LogP) is 3.45. The highest BCUT2D eigenvalue weighted by atomic mass is 79.9. The average molecular weight is 317 g/mol. The Kier molecular flexibility index (Phi) is 4.41. The Balaban J connectivity index is 2.07. The molecule has 4 heteroatoms. The van der Waals surface area contributed by atoms with Gasteiger partial charge in [0.2, 0.25) is 0 Å². The molecule has 0 aliphatic heterocycles. The van der Waals surface area contributed by atoms with Gasteiger partial charge in [-0.1, -0.05) is 12.1 Å². The maximum Gasteiger partial charge on any atom is 0.137 e. The van der Waals surface area contributed by atoms with E-state index in [9.17, 15) is 9.50 Å². The number of methoxy groups -OCH3 is 1. The van der Waals surface area contributed by atoms with Crippen molar-refractivity contribution >= 4 is 15.9 Å². The van der Waals surface area contributed by atoms with Crippen molar-refractivity contribution in [3.05, 3.63) is 34.1 Å². The smallest absolute Gasteiger partial charge is 0.137 e. The lowest BCUT2D eigenvalue weighted by molar-refractivity contribution is -0.0428. The molecular formula is C14H18BrFO2. The zero-order chi connectivity index (χ0) is 13.2. The number of benzene rings is 1. The molecule has 18 heavy (non-hydrogen) atoms. The third kappa shape index (κ3) is 3.11. The van der Waals surface area contributed by atoms with E-state index in [4.69, 9.17) is 4.74 Å². The number of rotatable bonds is 3. The normalized spacial score (nSPS) is 28.3. The van der Waals surface area contributed by atoms with E-state index < -0.39 is 5.60 Å². The summed E-state index contributed by atoms with van der Waals surface area (Å²) in [5.41, 5.74) is 0.0964. The lowest BCUT2D eigenvalue weighted by Gasteiger charge is -2.35. The first-order valence-corrected chi connectivity index (χ1v) is 7.01. The SMILES string of the molecule is COC1CCC(O)(Cc2cccc(F)c2Br)CC1. The van der Waals surface area contributed by atoms with Crippen LogP contribution in [0.5, 0.6) is 0 Å². The van der Waals surface area contributed by atoms with Gasteiger partial charge < -0.3 is 9.84 Å². The van der Waals surface area contributed by atoms with Gasteiger partial charge in [-0.3, -0.25) is 0 Å². The van der Waals surface area contributed by atoms with Gasteiger partial charge in [0.1, 0.15) is 5.82 Å². The zero-order valence-electron chi connectivity index (χ0n) is 10.5. The molecule has 1 aromatic rings. The van der Waals surface area contributed by atoms with Crippen molar-refractivity contribution in [3.8, 4) is 0 Å². The second kappa shape index (κ2) is 5.68. The number of hydrogen-bond acceptors (Lipinski definition) is 2. The summed E-state index contributed by atoms with van der Waals surface area (Å²) in [5, 5.41) is 10.6. The van der Waals surface area contributed by atoms with E-state index in [1.165, 1.54) is 6.07 Å². The Hall–Kier alpha value is -0.450. The van der Waals surface area contributed by atoms with Gasteiger partial charge in [0.25, 0.3) is 0 Å². The number of hydrogen-bond donors (Lipinski definition) is 1. The first-order valence-electron chi connectivity index (χ1n) is 6.22. The second-order valence-electron chi connectivity index (χ2n) is 5.05. The lowest BCUT2D eigenvalue weighted by atomic mass is 9.79. The number of ether oxygens (including phenoxy) is 1. The first-order chi connectivity index (χ1) is 8.54. The third-order valence-corrected chi connectivity index (χ3v) is 4.64. The van der Waals surface area contributed by atoms with Crippen molar-refractivity contribution in [1.29, 1.82) is 0 Å². The molecule has 2 rings (SSSR count). The summed E-state index contributed by atoms with van der Waals surface area (Å²) in [6.07, 6.45) is 3.87. The van der Waals surface area contributed by atoms with Gasteiger partial charge in [0, 0.05) is 13.5 Å². The van der Waals surface area contributed by atoms with Gasteiger partial charge in [-0.05, 0) is 53.2 Å². The van der Waals surface area contributed by atoms with E-state index >= 15 is 0 Å². The highest BCUT2D eigenvalue weighted by molar-refractivity contribution is 9.10. The Bertz CT molecular complexity index is 414. The van der Waals surface area contributed by atoms with Gasteiger partial charge in [-0.2, -0.15) is 0 Å². The average Bonchev–Trinajstić information content (AvgIpc) is 2.36. The molecule has 100 valence electrons. The monoisotopic (exact) mass is 316 g/mol. The number of aliphatic hydroxyl groups is 1. The summed E-state index contributed by atoms with van der Waals surface area (Å²) in [4.78, 5) is 0. The van der Waals surface area contributed by atoms with Crippen LogP contribution in [0.2, 0.25) is 0 Å². The predicted molar refractivity (Wildman–Crippen MR) is 72.0 cm³/mol. The molecule has 1 N–H and O–H groups in total. The molecular weight excluding hydrogens is 299 g/mol. The lowest BCUT2D eigenvalue weighted by Crippen LogP contribution is -2.38. The summed E-state index contributed by atoms with van der Waals surface area (Å²) in [6.45, 7) is 0. The summed E-state index contributed by atoms with van der Waals surface area (Å²) < 4.78 is 19.2. The Morgan fingerprint density at radius 3 is 2.72 bits per heavy atom. The zero-order valence-corrected chi connectivity index (χ0v) is 12.0. The minimum atomic E-state index is -0.731. The summed E-state index contributed by atoms with van der Waals surface area (Å²) in [7, 11) is 1.71. The van der Waals surface area contributed by atoms with Crippen molar-refractivity contribution < 1.29 is 14.2 Å². The van der Waals surface area contributed by atoms with Crippen molar-refractivity contribution in [1.82, 2.24) is 0 Å². The number of halogens is 2. The molecule has 0 amide bonds. The fourth-order valence-electron chi connectivity index (χ4n) is 2.58. The van der Waals surface area contributed by atoms with Crippen LogP contribution in [0, 0.1) is 5.82 Å². The molecule has 0 bridgehead atoms. The van der Waals surface area contributed by atoms with E-state index in [1.54, 1.807) is 13.2 Å². The van der Waals surface area contributed by atoms with Gasteiger partial charge >= 0.3 is 0 Å². The summed E-state index contributed by atoms with van der Waals surface area (Å²) in [5.74, 6) is -0.276. The standard InChI is InChI=1S/C14H18BrFO2/c1-18-11-5-7-14(17,8-6-11)9-10-3-2-4-12(16)13(10)15/h2-4,11,17H,5-9H2,1H3. The van der Waals surface area contributed by atoms with Crippen LogP contribution in [-0.4, -0.2) is 23.9 Å². The molecule has 1 fully saturated rings. The van der Waals surface area contributed by atoms with Crippen LogP contribution >= 0.6 is 15.9 Å². The molecule has 2 nitrogen and oxygen atoms in total. The van der Waals surface area contributed by atoms with Crippen molar-refractivity contribution in [2.24, 2.45) is 0 Å². The maximum absolute atomic E-state index is 13.4. The van der Waals surface area contributed by atoms with Gasteiger partial charge in [-0.25, -0.2) is 4.39 Å². The van der Waals surface area contributed by atoms with Crippen LogP contribution in [-0.2, 0) is 11.2 Å². The second-order valence-corrected chi connectivity index (χ2v) is 5.84. The van der Waals surface area contributed by atoms with Crippen LogP contribution in [0.15, 0.2) is 22.7 Å². The van der Waals surface area contributed by atoms with Crippen LogP contribution in [0.4, 0.5) is 4.39 Å². The molecule has 1 aliphatic rings. The molecule has 1 aromatic carbocycles. The fraction of sp³-hybridized carbons (Fsp3) is 0.571. The topological polar surface area (TPSA) is 29.5 Å². The quantitative estimate of drug-likeness (QED) is 0.925. The third-order valence-electron chi connectivity index (χ3n) is 3.75. The highest BCUT2D eigenvalue weighted by Gasteiger charge is 2.33. The Morgan fingerprint density at radius 2 is 2.11 bits per heavy atom. The van der Waals surface area contributed by atoms with Crippen molar-refractivity contribution in [2.75, 3.05) is 7.11 Å². The van der Waals surface area contributed by atoms with Crippen LogP contribution in [0.3, 0.4) is 0 Å². The minimum Gasteiger partial charge on any atom is -0.390 e. The molecule has 1 aliphatic carbocycles. The molecule has 0 heterocycles. The van der Waals surface area contributed by atoms with Crippen LogP contribution < -0.4 is 0 Å². The molecule has 0 aromatic heterocycles. The maximum atomic E-state index is 13.4. The van der Waals surface area contributed by atoms with Gasteiger partial charge in [0.05, 0.1) is 16.2 Å². The minimum absolute atomic E-state index is 0.251. The van der Waals surface area contributed by atoms with Gasteiger partial charge in [-0.15, -0.1) is 0 Å². The molecule has 1 saturated carbocycles.